The lowest BCUT2D eigenvalue weighted by Crippen LogP contribution is -2.15. The topological polar surface area (TPSA) is 72.0 Å². The van der Waals surface area contributed by atoms with E-state index in [9.17, 15) is 8.42 Å². The van der Waals surface area contributed by atoms with Crippen LogP contribution in [0.1, 0.15) is 5.56 Å². The molecule has 0 saturated heterocycles. The Labute approximate surface area is 120 Å². The maximum atomic E-state index is 12.2. The molecule has 0 aliphatic carbocycles. The van der Waals surface area contributed by atoms with Gasteiger partial charge in [0.05, 0.1) is 4.90 Å². The number of nitrogens with zero attached hydrogens (tertiary/aromatic N) is 2. The van der Waals surface area contributed by atoms with Crippen LogP contribution in [0, 0.1) is 6.92 Å². The molecule has 8 heteroatoms. The molecule has 0 spiro atoms. The van der Waals surface area contributed by atoms with E-state index in [1.165, 1.54) is 18.3 Å². The second kappa shape index (κ2) is 5.32. The third kappa shape index (κ3) is 3.15. The molecule has 19 heavy (non-hydrogen) atoms. The molecular weight excluding hydrogens is 309 g/mol. The number of aromatic nitrogens is 2. The van der Waals surface area contributed by atoms with Gasteiger partial charge >= 0.3 is 0 Å². The van der Waals surface area contributed by atoms with Crippen molar-refractivity contribution in [3.8, 4) is 0 Å². The predicted molar refractivity (Wildman–Crippen MR) is 74.0 cm³/mol. The van der Waals surface area contributed by atoms with Crippen molar-refractivity contribution in [3.05, 3.63) is 46.3 Å². The maximum absolute atomic E-state index is 12.2. The Balaban J connectivity index is 2.41. The molecule has 0 bridgehead atoms. The van der Waals surface area contributed by atoms with E-state index in [1.54, 1.807) is 19.1 Å². The smallest absolute Gasteiger partial charge is 0.263 e. The van der Waals surface area contributed by atoms with Gasteiger partial charge in [0, 0.05) is 11.2 Å². The monoisotopic (exact) mass is 317 g/mol. The highest BCUT2D eigenvalue weighted by molar-refractivity contribution is 7.92. The molecule has 0 aliphatic rings. The fourth-order valence-corrected chi connectivity index (χ4v) is 3.11. The summed E-state index contributed by atoms with van der Waals surface area (Å²) in [4.78, 5) is 7.53. The van der Waals surface area contributed by atoms with Crippen molar-refractivity contribution < 1.29 is 8.42 Å². The fourth-order valence-electron chi connectivity index (χ4n) is 1.46. The quantitative estimate of drug-likeness (QED) is 0.883. The van der Waals surface area contributed by atoms with Crippen LogP contribution >= 0.6 is 23.2 Å². The lowest BCUT2D eigenvalue weighted by atomic mass is 10.2. The van der Waals surface area contributed by atoms with Gasteiger partial charge in [0.25, 0.3) is 10.0 Å². The molecule has 0 fully saturated rings. The first kappa shape index (κ1) is 14.0. The molecular formula is C11H9Cl2N3O2S. The average molecular weight is 318 g/mol. The molecule has 1 N–H and O–H groups in total. The molecule has 2 rings (SSSR count). The van der Waals surface area contributed by atoms with Crippen LogP contribution in [0.3, 0.4) is 0 Å². The number of halogens is 2. The summed E-state index contributed by atoms with van der Waals surface area (Å²) in [5.41, 5.74) is 0.469. The molecule has 1 aromatic carbocycles. The minimum Gasteiger partial charge on any atom is -0.263 e. The van der Waals surface area contributed by atoms with Crippen LogP contribution in [0.2, 0.25) is 10.3 Å². The Kier molecular flexibility index (Phi) is 3.93. The molecule has 0 saturated carbocycles. The maximum Gasteiger partial charge on any atom is 0.263 e. The van der Waals surface area contributed by atoms with Crippen molar-refractivity contribution in [2.45, 2.75) is 11.8 Å². The first-order chi connectivity index (χ1) is 8.90. The highest BCUT2D eigenvalue weighted by atomic mass is 35.5. The third-order valence-electron chi connectivity index (χ3n) is 2.37. The van der Waals surface area contributed by atoms with E-state index >= 15 is 0 Å². The number of rotatable bonds is 3. The number of hydrogen-bond donors (Lipinski definition) is 1. The zero-order valence-corrected chi connectivity index (χ0v) is 12.1. The summed E-state index contributed by atoms with van der Waals surface area (Å²) in [7, 11) is -3.77. The van der Waals surface area contributed by atoms with Crippen LogP contribution in [-0.4, -0.2) is 18.4 Å². The minimum atomic E-state index is -3.77. The molecule has 0 aliphatic heterocycles. The van der Waals surface area contributed by atoms with Gasteiger partial charge in [-0.05, 0) is 42.3 Å². The van der Waals surface area contributed by atoms with Crippen molar-refractivity contribution in [3.63, 3.8) is 0 Å². The van der Waals surface area contributed by atoms with Gasteiger partial charge in [0.2, 0.25) is 5.28 Å². The van der Waals surface area contributed by atoms with Gasteiger partial charge in [0.15, 0.2) is 0 Å². The normalized spacial score (nSPS) is 11.3. The number of nitrogens with one attached hydrogen (secondary N) is 1. The molecule has 5 nitrogen and oxygen atoms in total. The van der Waals surface area contributed by atoms with Crippen LogP contribution in [-0.2, 0) is 10.0 Å². The van der Waals surface area contributed by atoms with Gasteiger partial charge in [-0.1, -0.05) is 17.7 Å². The number of anilines is 1. The largest absolute Gasteiger partial charge is 0.263 e. The summed E-state index contributed by atoms with van der Waals surface area (Å²) in [6.07, 6.45) is 1.36. The van der Waals surface area contributed by atoms with E-state index in [0.29, 0.717) is 10.6 Å². The minimum absolute atomic E-state index is 0.0389. The molecule has 0 radical (unpaired) electrons. The van der Waals surface area contributed by atoms with Gasteiger partial charge < -0.3 is 0 Å². The number of hydrogen-bond acceptors (Lipinski definition) is 4. The van der Waals surface area contributed by atoms with Crippen LogP contribution in [0.25, 0.3) is 0 Å². The van der Waals surface area contributed by atoms with Crippen molar-refractivity contribution in [2.24, 2.45) is 0 Å². The van der Waals surface area contributed by atoms with Gasteiger partial charge in [-0.2, -0.15) is 4.98 Å². The van der Waals surface area contributed by atoms with Gasteiger partial charge in [-0.15, -0.1) is 0 Å². The Morgan fingerprint density at radius 2 is 1.95 bits per heavy atom. The summed E-state index contributed by atoms with van der Waals surface area (Å²) in [5, 5.41) is 0.339. The summed E-state index contributed by atoms with van der Waals surface area (Å²) < 4.78 is 26.7. The van der Waals surface area contributed by atoms with Crippen LogP contribution in [0.4, 0.5) is 5.82 Å². The van der Waals surface area contributed by atoms with E-state index in [4.69, 9.17) is 23.2 Å². The molecule has 2 aromatic rings. The molecule has 0 amide bonds. The molecule has 1 aromatic heterocycles. The van der Waals surface area contributed by atoms with Crippen molar-refractivity contribution in [1.82, 2.24) is 9.97 Å². The SMILES string of the molecule is Cc1c(Cl)cccc1S(=O)(=O)Nc1ccnc(Cl)n1. The third-order valence-corrected chi connectivity index (χ3v) is 4.46. The van der Waals surface area contributed by atoms with Crippen LogP contribution < -0.4 is 4.72 Å². The van der Waals surface area contributed by atoms with Crippen molar-refractivity contribution in [2.75, 3.05) is 4.72 Å². The van der Waals surface area contributed by atoms with E-state index in [2.05, 4.69) is 14.7 Å². The lowest BCUT2D eigenvalue weighted by Gasteiger charge is -2.10. The second-order valence-electron chi connectivity index (χ2n) is 3.68. The summed E-state index contributed by atoms with van der Waals surface area (Å²) in [5.74, 6) is 0.0966. The summed E-state index contributed by atoms with van der Waals surface area (Å²) >= 11 is 11.5. The Morgan fingerprint density at radius 1 is 1.21 bits per heavy atom. The summed E-state index contributed by atoms with van der Waals surface area (Å²) in [6, 6.07) is 6.06. The van der Waals surface area contributed by atoms with Gasteiger partial charge in [-0.3, -0.25) is 4.72 Å². The zero-order chi connectivity index (χ0) is 14.0. The predicted octanol–water partition coefficient (Wildman–Crippen LogP) is 2.89. The first-order valence-electron chi connectivity index (χ1n) is 5.16. The number of benzene rings is 1. The Bertz CT molecular complexity index is 720. The van der Waals surface area contributed by atoms with E-state index in [1.807, 2.05) is 0 Å². The van der Waals surface area contributed by atoms with Crippen LogP contribution in [0.5, 0.6) is 0 Å². The Morgan fingerprint density at radius 3 is 2.63 bits per heavy atom. The molecule has 100 valence electrons. The second-order valence-corrected chi connectivity index (χ2v) is 6.08. The Hall–Kier alpha value is -1.37. The highest BCUT2D eigenvalue weighted by Gasteiger charge is 2.18. The highest BCUT2D eigenvalue weighted by Crippen LogP contribution is 2.24. The van der Waals surface area contributed by atoms with Crippen LogP contribution in [0.15, 0.2) is 35.4 Å². The van der Waals surface area contributed by atoms with E-state index in [0.717, 1.165) is 0 Å². The number of sulfonamides is 1. The average Bonchev–Trinajstić information content (AvgIpc) is 2.32. The van der Waals surface area contributed by atoms with Crippen molar-refractivity contribution in [1.29, 1.82) is 0 Å². The lowest BCUT2D eigenvalue weighted by molar-refractivity contribution is 0.600. The summed E-state index contributed by atoms with van der Waals surface area (Å²) in [6.45, 7) is 1.63. The zero-order valence-electron chi connectivity index (χ0n) is 9.76. The standard InChI is InChI=1S/C11H9Cl2N3O2S/c1-7-8(12)3-2-4-9(7)19(17,18)16-10-5-6-14-11(13)15-10/h2-6H,1H3,(H,14,15,16). The molecule has 0 unspecified atom stereocenters. The van der Waals surface area contributed by atoms with Gasteiger partial charge in [0.1, 0.15) is 5.82 Å². The van der Waals surface area contributed by atoms with E-state index < -0.39 is 10.0 Å². The van der Waals surface area contributed by atoms with Crippen molar-refractivity contribution >= 4 is 39.0 Å². The molecule has 0 atom stereocenters. The van der Waals surface area contributed by atoms with Gasteiger partial charge in [-0.25, -0.2) is 13.4 Å². The first-order valence-corrected chi connectivity index (χ1v) is 7.40. The fraction of sp³-hybridized carbons (Fsp3) is 0.0909. The van der Waals surface area contributed by atoms with E-state index in [-0.39, 0.29) is 16.0 Å². The molecule has 1 heterocycles.